The van der Waals surface area contributed by atoms with Gasteiger partial charge in [0.2, 0.25) is 22.7 Å². The number of ether oxygens (including phenoxy) is 3. The first-order valence-corrected chi connectivity index (χ1v) is 14.0. The SMILES string of the molecule is COCCCN(CC(=O)N(Cc1ccc2c(c1)OCO2)Cc1cccs1)S(=O)(=O)c1ccc([N+](=O)[O-])cc1. The zero-order valence-corrected chi connectivity index (χ0v) is 22.3. The van der Waals surface area contributed by atoms with Gasteiger partial charge >= 0.3 is 0 Å². The number of nitrogens with zero attached hydrogens (tertiary/aromatic N) is 3. The summed E-state index contributed by atoms with van der Waals surface area (Å²) in [6, 6.07) is 13.8. The third-order valence-corrected chi connectivity index (χ3v) is 8.56. The highest BCUT2D eigenvalue weighted by Gasteiger charge is 2.29. The van der Waals surface area contributed by atoms with Crippen molar-refractivity contribution in [2.45, 2.75) is 24.4 Å². The number of nitro benzene ring substituents is 1. The molecule has 4 rings (SSSR count). The first-order valence-electron chi connectivity index (χ1n) is 11.7. The maximum Gasteiger partial charge on any atom is 0.269 e. The molecule has 0 atom stereocenters. The second-order valence-electron chi connectivity index (χ2n) is 8.45. The number of hydrogen-bond donors (Lipinski definition) is 0. The summed E-state index contributed by atoms with van der Waals surface area (Å²) in [5.41, 5.74) is 0.583. The fraction of sp³-hybridized carbons (Fsp3) is 0.320. The maximum atomic E-state index is 13.6. The van der Waals surface area contributed by atoms with Crippen molar-refractivity contribution in [3.63, 3.8) is 0 Å². The van der Waals surface area contributed by atoms with Crippen molar-refractivity contribution in [1.82, 2.24) is 9.21 Å². The Morgan fingerprint density at radius 1 is 1.11 bits per heavy atom. The van der Waals surface area contributed by atoms with Crippen LogP contribution in [0.15, 0.2) is 64.9 Å². The Morgan fingerprint density at radius 2 is 1.87 bits per heavy atom. The summed E-state index contributed by atoms with van der Waals surface area (Å²) in [5, 5.41) is 12.9. The molecule has 1 aliphatic rings. The Hall–Kier alpha value is -3.52. The third-order valence-electron chi connectivity index (χ3n) is 5.84. The molecule has 11 nitrogen and oxygen atoms in total. The Labute approximate surface area is 224 Å². The lowest BCUT2D eigenvalue weighted by Crippen LogP contribution is -2.43. The number of carbonyl (C=O) groups is 1. The molecule has 0 spiro atoms. The van der Waals surface area contributed by atoms with Crippen LogP contribution in [0.2, 0.25) is 0 Å². The van der Waals surface area contributed by atoms with Crippen LogP contribution in [-0.2, 0) is 32.6 Å². The van der Waals surface area contributed by atoms with Crippen molar-refractivity contribution < 1.29 is 32.3 Å². The van der Waals surface area contributed by atoms with E-state index in [2.05, 4.69) is 0 Å². The van der Waals surface area contributed by atoms with Crippen LogP contribution >= 0.6 is 11.3 Å². The van der Waals surface area contributed by atoms with Gasteiger partial charge in [-0.1, -0.05) is 12.1 Å². The van der Waals surface area contributed by atoms with Gasteiger partial charge < -0.3 is 19.1 Å². The van der Waals surface area contributed by atoms with E-state index < -0.39 is 21.5 Å². The van der Waals surface area contributed by atoms with Gasteiger partial charge in [-0.25, -0.2) is 8.42 Å². The second kappa shape index (κ2) is 12.3. The lowest BCUT2D eigenvalue weighted by atomic mass is 10.2. The van der Waals surface area contributed by atoms with Gasteiger partial charge in [-0.2, -0.15) is 4.31 Å². The molecule has 202 valence electrons. The molecule has 0 saturated carbocycles. The zero-order chi connectivity index (χ0) is 27.1. The van der Waals surface area contributed by atoms with Gasteiger partial charge in [-0.15, -0.1) is 11.3 Å². The van der Waals surface area contributed by atoms with E-state index in [0.29, 0.717) is 31.1 Å². The average molecular weight is 562 g/mol. The molecule has 1 aliphatic heterocycles. The Morgan fingerprint density at radius 3 is 2.55 bits per heavy atom. The minimum Gasteiger partial charge on any atom is -0.454 e. The lowest BCUT2D eigenvalue weighted by molar-refractivity contribution is -0.384. The largest absolute Gasteiger partial charge is 0.454 e. The number of methoxy groups -OCH3 is 1. The normalized spacial score (nSPS) is 12.6. The monoisotopic (exact) mass is 561 g/mol. The van der Waals surface area contributed by atoms with Crippen molar-refractivity contribution in [2.75, 3.05) is 33.6 Å². The highest BCUT2D eigenvalue weighted by Crippen LogP contribution is 2.33. The molecule has 0 radical (unpaired) electrons. The molecular formula is C25H27N3O8S2. The van der Waals surface area contributed by atoms with E-state index in [-0.39, 0.29) is 36.4 Å². The smallest absolute Gasteiger partial charge is 0.269 e. The molecule has 2 heterocycles. The number of rotatable bonds is 13. The molecule has 1 amide bonds. The van der Waals surface area contributed by atoms with Gasteiger partial charge in [0.15, 0.2) is 11.5 Å². The number of nitro groups is 1. The van der Waals surface area contributed by atoms with Crippen LogP contribution < -0.4 is 9.47 Å². The number of non-ortho nitro benzene ring substituents is 1. The topological polar surface area (TPSA) is 129 Å². The maximum absolute atomic E-state index is 13.6. The lowest BCUT2D eigenvalue weighted by Gasteiger charge is -2.27. The standard InChI is InChI=1S/C25H27N3O8S2/c1-34-12-3-11-27(38(32,33)22-8-6-20(7-9-22)28(30)31)17-25(29)26(16-21-4-2-13-37-21)15-19-5-10-23-24(14-19)36-18-35-23/h2,4-10,13-14H,3,11-12,15-18H2,1H3. The first-order chi connectivity index (χ1) is 18.3. The van der Waals surface area contributed by atoms with Crippen LogP contribution in [0.5, 0.6) is 11.5 Å². The summed E-state index contributed by atoms with van der Waals surface area (Å²) >= 11 is 1.50. The Bertz CT molecular complexity index is 1360. The number of carbonyl (C=O) groups excluding carboxylic acids is 1. The fourth-order valence-corrected chi connectivity index (χ4v) is 6.04. The van der Waals surface area contributed by atoms with E-state index in [1.807, 2.05) is 23.6 Å². The molecular weight excluding hydrogens is 534 g/mol. The van der Waals surface area contributed by atoms with E-state index in [0.717, 1.165) is 26.9 Å². The summed E-state index contributed by atoms with van der Waals surface area (Å²) in [5.74, 6) is 0.829. The number of amides is 1. The van der Waals surface area contributed by atoms with E-state index in [1.54, 1.807) is 17.0 Å². The molecule has 2 aromatic carbocycles. The van der Waals surface area contributed by atoms with Crippen molar-refractivity contribution in [3.05, 3.63) is 80.5 Å². The van der Waals surface area contributed by atoms with Crippen molar-refractivity contribution in [2.24, 2.45) is 0 Å². The predicted molar refractivity (Wildman–Crippen MR) is 139 cm³/mol. The summed E-state index contributed by atoms with van der Waals surface area (Å²) in [6.45, 7) is 0.601. The number of thiophene rings is 1. The number of benzene rings is 2. The zero-order valence-electron chi connectivity index (χ0n) is 20.6. The Balaban J connectivity index is 1.58. The van der Waals surface area contributed by atoms with Gasteiger partial charge in [0.25, 0.3) is 5.69 Å². The van der Waals surface area contributed by atoms with Gasteiger partial charge in [0.05, 0.1) is 22.9 Å². The van der Waals surface area contributed by atoms with E-state index in [4.69, 9.17) is 14.2 Å². The summed E-state index contributed by atoms with van der Waals surface area (Å²) < 4.78 is 44.0. The quantitative estimate of drug-likeness (QED) is 0.176. The molecule has 0 N–H and O–H groups in total. The second-order valence-corrected chi connectivity index (χ2v) is 11.4. The highest BCUT2D eigenvalue weighted by molar-refractivity contribution is 7.89. The van der Waals surface area contributed by atoms with Crippen molar-refractivity contribution >= 4 is 33.0 Å². The predicted octanol–water partition coefficient (Wildman–Crippen LogP) is 3.64. The van der Waals surface area contributed by atoms with Crippen LogP contribution in [0.3, 0.4) is 0 Å². The Kier molecular flexibility index (Phi) is 8.94. The number of sulfonamides is 1. The molecule has 3 aromatic rings. The van der Waals surface area contributed by atoms with Crippen molar-refractivity contribution in [1.29, 1.82) is 0 Å². The molecule has 38 heavy (non-hydrogen) atoms. The molecule has 0 fully saturated rings. The molecule has 0 saturated heterocycles. The third kappa shape index (κ3) is 6.67. The van der Waals surface area contributed by atoms with Crippen LogP contribution in [0.25, 0.3) is 0 Å². The average Bonchev–Trinajstić information content (AvgIpc) is 3.59. The summed E-state index contributed by atoms with van der Waals surface area (Å²) in [6.07, 6.45) is 0.364. The summed E-state index contributed by atoms with van der Waals surface area (Å²) in [7, 11) is -2.61. The van der Waals surface area contributed by atoms with E-state index >= 15 is 0 Å². The first kappa shape index (κ1) is 27.5. The minimum atomic E-state index is -4.12. The molecule has 0 bridgehead atoms. The highest BCUT2D eigenvalue weighted by atomic mass is 32.2. The number of hydrogen-bond acceptors (Lipinski definition) is 9. The molecule has 1 aromatic heterocycles. The van der Waals surface area contributed by atoms with E-state index in [9.17, 15) is 23.3 Å². The number of fused-ring (bicyclic) bond motifs is 1. The van der Waals surface area contributed by atoms with Gasteiger partial charge in [-0.05, 0) is 47.7 Å². The summed E-state index contributed by atoms with van der Waals surface area (Å²) in [4.78, 5) is 26.4. The van der Waals surface area contributed by atoms with Crippen LogP contribution in [-0.4, -0.2) is 62.1 Å². The molecule has 13 heteroatoms. The van der Waals surface area contributed by atoms with E-state index in [1.165, 1.54) is 30.6 Å². The minimum absolute atomic E-state index is 0.0375. The van der Waals surface area contributed by atoms with Gasteiger partial charge in [-0.3, -0.25) is 14.9 Å². The molecule has 0 unspecified atom stereocenters. The molecule has 0 aliphatic carbocycles. The van der Waals surface area contributed by atoms with Crippen LogP contribution in [0.4, 0.5) is 5.69 Å². The van der Waals surface area contributed by atoms with Crippen molar-refractivity contribution in [3.8, 4) is 11.5 Å². The van der Waals surface area contributed by atoms with Gasteiger partial charge in [0.1, 0.15) is 0 Å². The fourth-order valence-electron chi connectivity index (χ4n) is 3.89. The van der Waals surface area contributed by atoms with Crippen LogP contribution in [0, 0.1) is 10.1 Å². The van der Waals surface area contributed by atoms with Crippen LogP contribution in [0.1, 0.15) is 16.9 Å². The van der Waals surface area contributed by atoms with Gasteiger partial charge in [0, 0.05) is 43.8 Å².